The van der Waals surface area contributed by atoms with Gasteiger partial charge in [0.2, 0.25) is 47.3 Å². The number of carbonyl (C=O) groups is 10. The number of benzene rings is 1. The number of nitrogens with two attached hydrogens (primary N) is 1. The lowest BCUT2D eigenvalue weighted by Gasteiger charge is -2.31. The number of aliphatic hydroxyl groups excluding tert-OH is 1. The number of carbonyl (C=O) groups excluding carboxylic acids is 8. The van der Waals surface area contributed by atoms with Crippen molar-refractivity contribution in [3.63, 3.8) is 0 Å². The van der Waals surface area contributed by atoms with E-state index in [1.165, 1.54) is 12.5 Å². The molecule has 0 saturated heterocycles. The summed E-state index contributed by atoms with van der Waals surface area (Å²) in [6, 6.07) is -3.38. The molecular weight excluding hydrogens is 951 g/mol. The third-order valence-corrected chi connectivity index (χ3v) is 11.9. The number of nitrogens with zero attached hydrogens (tertiary/aromatic N) is 1. The number of aliphatic hydroxyl groups is 1. The molecule has 0 aliphatic carbocycles. The molecule has 0 spiro atoms. The number of aliphatic carboxylic acids is 2. The highest BCUT2D eigenvalue weighted by Crippen LogP contribution is 2.14. The fraction of sp³-hybridized carbons (Fsp3) is 0.612. The van der Waals surface area contributed by atoms with E-state index in [1.807, 2.05) is 32.0 Å². The SMILES string of the molecule is CC[C@H](C)[C@H](NC(=O)[C@H](CO)NC(=O)[C@H](CC(C)C)NC(=O)[C@@H](N)Cc1ccccc1)C(=O)N[C@H](C(=O)N[C@H](C(=O)N[C@@H](CC(=O)O)C(=O)N[C@@H](Cc1cnc[nH]1)C(=O)N[C@H](C(=O)O)C(C)C)C(C)C)C(C)C. The van der Waals surface area contributed by atoms with Crippen LogP contribution < -0.4 is 48.3 Å². The molecule has 2 rings (SSSR count). The molecule has 0 radical (unpaired) electrons. The quantitative estimate of drug-likeness (QED) is 0.0431. The molecular formula is C49H77N11O13. The number of aromatic amines is 1. The standard InChI is InChI=1S/C49H77N11O13/c1-11-28(10)40(60-45(68)35(22-61)56-42(65)32(17-24(2)3)53-41(64)31(50)18-29-15-13-12-14-16-29)48(71)58-38(26(6)7)47(70)57-37(25(4)5)46(69)55-34(20-36(62)63)43(66)54-33(19-30-21-51-23-52-30)44(67)59-39(27(8)9)49(72)73/h12-16,21,23-28,31-35,37-40,61H,11,17-20,22,50H2,1-10H3,(H,51,52)(H,53,64)(H,54,66)(H,55,69)(H,56,65)(H,57,70)(H,58,71)(H,59,67)(H,60,68)(H,62,63)(H,72,73)/t28-,31-,32-,33-,34-,35-,37-,38-,39-,40-/m0/s1. The molecule has 24 nitrogen and oxygen atoms in total. The molecule has 1 aromatic heterocycles. The summed E-state index contributed by atoms with van der Waals surface area (Å²) < 4.78 is 0. The zero-order valence-corrected chi connectivity index (χ0v) is 43.3. The maximum absolute atomic E-state index is 14.1. The molecule has 0 bridgehead atoms. The number of aromatic nitrogens is 2. The summed E-state index contributed by atoms with van der Waals surface area (Å²) in [5.74, 6) is -12.4. The Labute approximate surface area is 425 Å². The Morgan fingerprint density at radius 3 is 1.49 bits per heavy atom. The summed E-state index contributed by atoms with van der Waals surface area (Å²) in [4.78, 5) is 140. The number of carboxylic acid groups (broad SMARTS) is 2. The summed E-state index contributed by atoms with van der Waals surface area (Å²) in [6.07, 6.45) is 2.18. The predicted molar refractivity (Wildman–Crippen MR) is 266 cm³/mol. The van der Waals surface area contributed by atoms with Crippen molar-refractivity contribution in [3.8, 4) is 0 Å². The maximum Gasteiger partial charge on any atom is 0.326 e. The number of H-pyrrole nitrogens is 1. The lowest BCUT2D eigenvalue weighted by Crippen LogP contribution is -2.63. The molecule has 0 fully saturated rings. The van der Waals surface area contributed by atoms with E-state index in [2.05, 4.69) is 52.5 Å². The van der Waals surface area contributed by atoms with Crippen molar-refractivity contribution in [2.45, 2.75) is 156 Å². The topological polar surface area (TPSA) is 382 Å². The number of nitrogens with one attached hydrogen (secondary N) is 9. The van der Waals surface area contributed by atoms with E-state index in [0.29, 0.717) is 12.1 Å². The number of rotatable bonds is 31. The molecule has 406 valence electrons. The molecule has 10 atom stereocenters. The monoisotopic (exact) mass is 1030 g/mol. The highest BCUT2D eigenvalue weighted by atomic mass is 16.4. The minimum absolute atomic E-state index is 0.0943. The van der Waals surface area contributed by atoms with E-state index < -0.39 is 150 Å². The van der Waals surface area contributed by atoms with E-state index in [9.17, 15) is 63.3 Å². The molecule has 24 heteroatoms. The van der Waals surface area contributed by atoms with Gasteiger partial charge in [0.1, 0.15) is 48.3 Å². The Morgan fingerprint density at radius 1 is 0.562 bits per heavy atom. The van der Waals surface area contributed by atoms with Crippen LogP contribution in [0.15, 0.2) is 42.9 Å². The van der Waals surface area contributed by atoms with E-state index in [0.717, 1.165) is 5.56 Å². The maximum atomic E-state index is 14.1. The fourth-order valence-corrected chi connectivity index (χ4v) is 7.43. The number of imidazole rings is 1. The molecule has 0 aliphatic heterocycles. The van der Waals surface area contributed by atoms with Crippen LogP contribution >= 0.6 is 0 Å². The van der Waals surface area contributed by atoms with Crippen LogP contribution in [0, 0.1) is 29.6 Å². The Balaban J connectivity index is 2.28. The lowest BCUT2D eigenvalue weighted by molar-refractivity contribution is -0.144. The molecule has 1 heterocycles. The minimum atomic E-state index is -1.81. The molecule has 0 unspecified atom stereocenters. The van der Waals surface area contributed by atoms with Gasteiger partial charge in [-0.05, 0) is 48.0 Å². The first-order valence-corrected chi connectivity index (χ1v) is 24.5. The second-order valence-corrected chi connectivity index (χ2v) is 19.6. The third kappa shape index (κ3) is 20.6. The van der Waals surface area contributed by atoms with Crippen molar-refractivity contribution in [1.29, 1.82) is 0 Å². The molecule has 73 heavy (non-hydrogen) atoms. The Hall–Kier alpha value is -6.95. The summed E-state index contributed by atoms with van der Waals surface area (Å²) in [5, 5.41) is 49.8. The highest BCUT2D eigenvalue weighted by molar-refractivity contribution is 5.99. The van der Waals surface area contributed by atoms with Crippen molar-refractivity contribution >= 4 is 59.2 Å². The van der Waals surface area contributed by atoms with Gasteiger partial charge < -0.3 is 68.6 Å². The first-order valence-electron chi connectivity index (χ1n) is 24.5. The van der Waals surface area contributed by atoms with Gasteiger partial charge in [-0.2, -0.15) is 0 Å². The molecule has 8 amide bonds. The average molecular weight is 1030 g/mol. The van der Waals surface area contributed by atoms with E-state index >= 15 is 0 Å². The van der Waals surface area contributed by atoms with Crippen LogP contribution in [0.2, 0.25) is 0 Å². The van der Waals surface area contributed by atoms with Gasteiger partial charge in [0, 0.05) is 18.3 Å². The van der Waals surface area contributed by atoms with Crippen molar-refractivity contribution in [2.24, 2.45) is 35.3 Å². The van der Waals surface area contributed by atoms with E-state index in [4.69, 9.17) is 5.73 Å². The van der Waals surface area contributed by atoms with E-state index in [-0.39, 0.29) is 25.2 Å². The third-order valence-electron chi connectivity index (χ3n) is 11.9. The number of hydrogen-bond donors (Lipinski definition) is 13. The Morgan fingerprint density at radius 2 is 1.01 bits per heavy atom. The van der Waals surface area contributed by atoms with Crippen LogP contribution in [0.1, 0.15) is 99.8 Å². The van der Waals surface area contributed by atoms with Gasteiger partial charge in [-0.1, -0.05) is 106 Å². The van der Waals surface area contributed by atoms with Crippen molar-refractivity contribution in [1.82, 2.24) is 52.5 Å². The molecule has 14 N–H and O–H groups in total. The highest BCUT2D eigenvalue weighted by Gasteiger charge is 2.38. The molecule has 0 saturated carbocycles. The smallest absolute Gasteiger partial charge is 0.326 e. The summed E-state index contributed by atoms with van der Waals surface area (Å²) in [5.41, 5.74) is 7.33. The number of carboxylic acids is 2. The van der Waals surface area contributed by atoms with Gasteiger partial charge in [-0.15, -0.1) is 0 Å². The van der Waals surface area contributed by atoms with Crippen LogP contribution in [0.4, 0.5) is 0 Å². The predicted octanol–water partition coefficient (Wildman–Crippen LogP) is -0.988. The van der Waals surface area contributed by atoms with Gasteiger partial charge in [-0.25, -0.2) is 9.78 Å². The Bertz CT molecular complexity index is 2170. The fourth-order valence-electron chi connectivity index (χ4n) is 7.43. The summed E-state index contributed by atoms with van der Waals surface area (Å²) >= 11 is 0. The van der Waals surface area contributed by atoms with Crippen molar-refractivity contribution in [3.05, 3.63) is 54.1 Å². The van der Waals surface area contributed by atoms with Crippen LogP contribution in [0.3, 0.4) is 0 Å². The van der Waals surface area contributed by atoms with Gasteiger partial charge in [0.15, 0.2) is 0 Å². The average Bonchev–Trinajstić information content (AvgIpc) is 3.83. The van der Waals surface area contributed by atoms with Gasteiger partial charge in [0.05, 0.1) is 25.4 Å². The zero-order chi connectivity index (χ0) is 55.3. The lowest BCUT2D eigenvalue weighted by atomic mass is 9.95. The molecule has 2 aromatic rings. The van der Waals surface area contributed by atoms with Crippen LogP contribution in [0.5, 0.6) is 0 Å². The van der Waals surface area contributed by atoms with Gasteiger partial charge in [0.25, 0.3) is 0 Å². The minimum Gasteiger partial charge on any atom is -0.481 e. The summed E-state index contributed by atoms with van der Waals surface area (Å²) in [7, 11) is 0. The van der Waals surface area contributed by atoms with Crippen LogP contribution in [-0.4, -0.2) is 145 Å². The molecule has 1 aromatic carbocycles. The van der Waals surface area contributed by atoms with Crippen molar-refractivity contribution < 1.29 is 63.3 Å². The normalized spacial score (nSPS) is 15.5. The summed E-state index contributed by atoms with van der Waals surface area (Å²) in [6.45, 7) is 15.6. The van der Waals surface area contributed by atoms with Crippen LogP contribution in [-0.2, 0) is 60.8 Å². The largest absolute Gasteiger partial charge is 0.481 e. The second kappa shape index (κ2) is 30.2. The van der Waals surface area contributed by atoms with Crippen molar-refractivity contribution in [2.75, 3.05) is 6.61 Å². The Kier molecular flexibility index (Phi) is 25.7. The van der Waals surface area contributed by atoms with E-state index in [1.54, 1.807) is 67.5 Å². The first kappa shape index (κ1) is 62.2. The zero-order valence-electron chi connectivity index (χ0n) is 43.3. The van der Waals surface area contributed by atoms with Gasteiger partial charge in [-0.3, -0.25) is 43.2 Å². The molecule has 0 aliphatic rings. The first-order chi connectivity index (χ1) is 34.2. The number of amides is 8. The number of hydrogen-bond acceptors (Lipinski definition) is 13. The van der Waals surface area contributed by atoms with Crippen LogP contribution in [0.25, 0.3) is 0 Å². The second-order valence-electron chi connectivity index (χ2n) is 19.6. The van der Waals surface area contributed by atoms with Gasteiger partial charge >= 0.3 is 11.9 Å².